The smallest absolute Gasteiger partial charge is 0.335 e. The first kappa shape index (κ1) is 12.8. The van der Waals surface area contributed by atoms with Gasteiger partial charge in [0.05, 0.1) is 19.7 Å². The van der Waals surface area contributed by atoms with E-state index in [2.05, 4.69) is 0 Å². The van der Waals surface area contributed by atoms with E-state index in [9.17, 15) is 4.79 Å². The van der Waals surface area contributed by atoms with Gasteiger partial charge in [0.25, 0.3) is 0 Å². The molecule has 0 atom stereocenters. The number of carboxylic acid groups (broad SMARTS) is 1. The molecule has 0 amide bonds. The first-order chi connectivity index (χ1) is 7.00. The Kier molecular flexibility index (Phi) is 3.45. The zero-order chi connectivity index (χ0) is 11.1. The zero-order valence-electron chi connectivity index (χ0n) is 9.24. The average Bonchev–Trinajstić information content (AvgIpc) is 2.17. The molecule has 1 aliphatic rings. The average molecular weight is 244 g/mol. The lowest BCUT2D eigenvalue weighted by molar-refractivity contribution is -0.0000196. The summed E-state index contributed by atoms with van der Waals surface area (Å²) in [6, 6.07) is 5.00. The molecule has 1 heterocycles. The third kappa shape index (κ3) is 2.13. The van der Waals surface area contributed by atoms with E-state index in [0.29, 0.717) is 16.7 Å². The van der Waals surface area contributed by atoms with Crippen molar-refractivity contribution in [3.05, 3.63) is 23.8 Å². The first-order valence-electron chi connectivity index (χ1n) is 4.84. The fourth-order valence-electron chi connectivity index (χ4n) is 1.75. The van der Waals surface area contributed by atoms with Crippen molar-refractivity contribution in [1.29, 1.82) is 0 Å². The number of halogens is 1. The number of fused-ring (bicyclic) bond motifs is 1. The minimum atomic E-state index is -0.900. The van der Waals surface area contributed by atoms with Gasteiger partial charge in [0.1, 0.15) is 13.2 Å². The summed E-state index contributed by atoms with van der Waals surface area (Å²) in [6.45, 7) is 1.53. The molecule has 2 rings (SSSR count). The van der Waals surface area contributed by atoms with E-state index in [1.807, 2.05) is 14.1 Å². The lowest BCUT2D eigenvalue weighted by Gasteiger charge is -2.34. The van der Waals surface area contributed by atoms with E-state index in [1.165, 1.54) is 0 Å². The van der Waals surface area contributed by atoms with Crippen LogP contribution in [0.2, 0.25) is 0 Å². The van der Waals surface area contributed by atoms with Crippen molar-refractivity contribution >= 4 is 11.7 Å². The second kappa shape index (κ2) is 4.31. The fourth-order valence-corrected chi connectivity index (χ4v) is 1.75. The van der Waals surface area contributed by atoms with Crippen LogP contribution in [0, 0.1) is 0 Å². The van der Waals surface area contributed by atoms with Crippen LogP contribution in [0.5, 0.6) is 5.75 Å². The van der Waals surface area contributed by atoms with Crippen LogP contribution >= 0.6 is 0 Å². The number of nitrogens with zero attached hydrogens (tertiary/aromatic N) is 1. The van der Waals surface area contributed by atoms with Gasteiger partial charge in [-0.1, -0.05) is 0 Å². The summed E-state index contributed by atoms with van der Waals surface area (Å²) in [5, 5.41) is 8.91. The van der Waals surface area contributed by atoms with Gasteiger partial charge in [-0.25, -0.2) is 4.79 Å². The molecular formula is C11H14ClNO3. The Balaban J connectivity index is 0.00000128. The predicted octanol–water partition coefficient (Wildman–Crippen LogP) is -1.65. The maximum absolute atomic E-state index is 10.8. The van der Waals surface area contributed by atoms with Crippen LogP contribution in [0.3, 0.4) is 0 Å². The molecule has 0 fully saturated rings. The highest BCUT2D eigenvalue weighted by atomic mass is 35.5. The minimum Gasteiger partial charge on any atom is -1.00 e. The van der Waals surface area contributed by atoms with Crippen LogP contribution in [0.15, 0.2) is 18.2 Å². The van der Waals surface area contributed by atoms with Crippen molar-refractivity contribution in [3.63, 3.8) is 0 Å². The van der Waals surface area contributed by atoms with Gasteiger partial charge in [-0.05, 0) is 12.1 Å². The van der Waals surface area contributed by atoms with Crippen molar-refractivity contribution in [1.82, 2.24) is 4.48 Å². The molecule has 16 heavy (non-hydrogen) atoms. The van der Waals surface area contributed by atoms with Crippen LogP contribution in [-0.2, 0) is 0 Å². The Morgan fingerprint density at radius 3 is 2.75 bits per heavy atom. The molecule has 0 unspecified atom stereocenters. The number of quaternary nitrogens is 1. The first-order valence-corrected chi connectivity index (χ1v) is 4.84. The highest BCUT2D eigenvalue weighted by Gasteiger charge is 2.29. The summed E-state index contributed by atoms with van der Waals surface area (Å²) in [5.41, 5.74) is 1.24. The Morgan fingerprint density at radius 2 is 2.12 bits per heavy atom. The third-order valence-electron chi connectivity index (χ3n) is 2.77. The number of likely N-dealkylation sites (N-methyl/N-ethyl adjacent to an activating group) is 1. The van der Waals surface area contributed by atoms with Gasteiger partial charge in [-0.3, -0.25) is 4.48 Å². The van der Waals surface area contributed by atoms with Gasteiger partial charge in [-0.2, -0.15) is 0 Å². The van der Waals surface area contributed by atoms with E-state index in [1.54, 1.807) is 18.2 Å². The van der Waals surface area contributed by atoms with E-state index >= 15 is 0 Å². The van der Waals surface area contributed by atoms with Crippen molar-refractivity contribution in [2.75, 3.05) is 27.2 Å². The molecule has 1 aromatic carbocycles. The van der Waals surface area contributed by atoms with Crippen LogP contribution in [0.4, 0.5) is 5.69 Å². The molecule has 0 bridgehead atoms. The molecule has 0 saturated carbocycles. The van der Waals surface area contributed by atoms with E-state index in [0.717, 1.165) is 18.0 Å². The van der Waals surface area contributed by atoms with Gasteiger partial charge in [0.2, 0.25) is 0 Å². The molecule has 0 aliphatic carbocycles. The topological polar surface area (TPSA) is 46.5 Å². The van der Waals surface area contributed by atoms with Gasteiger partial charge < -0.3 is 22.3 Å². The van der Waals surface area contributed by atoms with Gasteiger partial charge in [-0.15, -0.1) is 0 Å². The highest BCUT2D eigenvalue weighted by Crippen LogP contribution is 2.35. The number of benzene rings is 1. The second-order valence-electron chi connectivity index (χ2n) is 4.24. The Bertz CT molecular complexity index is 418. The number of rotatable bonds is 1. The number of ether oxygens (including phenoxy) is 1. The summed E-state index contributed by atoms with van der Waals surface area (Å²) in [5.74, 6) is -0.111. The van der Waals surface area contributed by atoms with E-state index in [4.69, 9.17) is 9.84 Å². The lowest BCUT2D eigenvalue weighted by atomic mass is 10.1. The fraction of sp³-hybridized carbons (Fsp3) is 0.364. The maximum atomic E-state index is 10.8. The monoisotopic (exact) mass is 243 g/mol. The molecule has 1 aromatic rings. The highest BCUT2D eigenvalue weighted by molar-refractivity contribution is 5.89. The number of aromatic carboxylic acids is 1. The van der Waals surface area contributed by atoms with Crippen LogP contribution < -0.4 is 21.6 Å². The number of hydrogen-bond donors (Lipinski definition) is 1. The molecule has 0 aromatic heterocycles. The molecule has 1 aliphatic heterocycles. The third-order valence-corrected chi connectivity index (χ3v) is 2.77. The molecule has 4 nitrogen and oxygen atoms in total. The predicted molar refractivity (Wildman–Crippen MR) is 57.4 cm³/mol. The SMILES string of the molecule is C[N+]1(C)CCOc2ccc(C(=O)O)cc21.[Cl-]. The van der Waals surface area contributed by atoms with Crippen LogP contribution in [-0.4, -0.2) is 38.3 Å². The molecule has 0 radical (unpaired) electrons. The Morgan fingerprint density at radius 1 is 1.44 bits per heavy atom. The van der Waals surface area contributed by atoms with Gasteiger partial charge >= 0.3 is 5.97 Å². The summed E-state index contributed by atoms with van der Waals surface area (Å²) >= 11 is 0. The second-order valence-corrected chi connectivity index (χ2v) is 4.24. The largest absolute Gasteiger partial charge is 1.00 e. The standard InChI is InChI=1S/C11H13NO3.ClH/c1-12(2)5-6-15-10-4-3-8(11(13)14)7-9(10)12;/h3-4,7H,5-6H2,1-2H3;1H. The normalized spacial score (nSPS) is 16.6. The molecule has 0 saturated heterocycles. The lowest BCUT2D eigenvalue weighted by Crippen LogP contribution is -3.00. The van der Waals surface area contributed by atoms with Gasteiger partial charge in [0.15, 0.2) is 11.4 Å². The molecule has 1 N–H and O–H groups in total. The van der Waals surface area contributed by atoms with Crippen molar-refractivity contribution in [2.45, 2.75) is 0 Å². The molecule has 0 spiro atoms. The van der Waals surface area contributed by atoms with Crippen molar-refractivity contribution in [3.8, 4) is 5.75 Å². The summed E-state index contributed by atoms with van der Waals surface area (Å²) in [7, 11) is 4.10. The van der Waals surface area contributed by atoms with E-state index < -0.39 is 5.97 Å². The summed E-state index contributed by atoms with van der Waals surface area (Å²) < 4.78 is 6.15. The zero-order valence-corrected chi connectivity index (χ0v) is 9.99. The van der Waals surface area contributed by atoms with E-state index in [-0.39, 0.29) is 12.4 Å². The molecular weight excluding hydrogens is 230 g/mol. The van der Waals surface area contributed by atoms with Gasteiger partial charge in [0, 0.05) is 6.07 Å². The maximum Gasteiger partial charge on any atom is 0.335 e. The summed E-state index contributed by atoms with van der Waals surface area (Å²) in [6.07, 6.45) is 0. The van der Waals surface area contributed by atoms with Crippen LogP contribution in [0.1, 0.15) is 10.4 Å². The number of carbonyl (C=O) groups is 1. The van der Waals surface area contributed by atoms with Crippen LogP contribution in [0.25, 0.3) is 0 Å². The van der Waals surface area contributed by atoms with Crippen molar-refractivity contribution in [2.24, 2.45) is 0 Å². The Hall–Kier alpha value is -1.26. The molecule has 5 heteroatoms. The minimum absolute atomic E-state index is 0. The molecule has 88 valence electrons. The number of hydrogen-bond acceptors (Lipinski definition) is 2. The number of carboxylic acids is 1. The quantitative estimate of drug-likeness (QED) is 0.602. The van der Waals surface area contributed by atoms with Crippen molar-refractivity contribution < 1.29 is 27.0 Å². The Labute approximate surface area is 100 Å². The summed E-state index contributed by atoms with van der Waals surface area (Å²) in [4.78, 5) is 10.8.